The van der Waals surface area contributed by atoms with Gasteiger partial charge in [-0.3, -0.25) is 4.79 Å². The van der Waals surface area contributed by atoms with Crippen LogP contribution in [-0.4, -0.2) is 70.5 Å². The van der Waals surface area contributed by atoms with Crippen LogP contribution in [0.25, 0.3) is 0 Å². The molecule has 0 amide bonds. The van der Waals surface area contributed by atoms with Crippen molar-refractivity contribution in [2.24, 2.45) is 28.6 Å². The highest BCUT2D eigenvalue weighted by Gasteiger charge is 2.75. The first-order valence-corrected chi connectivity index (χ1v) is 11.4. The Morgan fingerprint density at radius 2 is 1.81 bits per heavy atom. The minimum atomic E-state index is -1.48. The molecule has 3 N–H and O–H groups in total. The quantitative estimate of drug-likeness (QED) is 0.408. The van der Waals surface area contributed by atoms with Gasteiger partial charge in [-0.05, 0) is 36.3 Å². The lowest BCUT2D eigenvalue weighted by Gasteiger charge is -2.68. The van der Waals surface area contributed by atoms with Crippen LogP contribution in [0.3, 0.4) is 0 Å². The number of carbonyl (C=O) groups is 2. The van der Waals surface area contributed by atoms with E-state index in [1.165, 1.54) is 7.11 Å². The predicted molar refractivity (Wildman–Crippen MR) is 114 cm³/mol. The van der Waals surface area contributed by atoms with Gasteiger partial charge in [0.1, 0.15) is 12.2 Å². The summed E-state index contributed by atoms with van der Waals surface area (Å²) in [5.41, 5.74) is -3.84. The van der Waals surface area contributed by atoms with Crippen molar-refractivity contribution in [3.63, 3.8) is 0 Å². The van der Waals surface area contributed by atoms with Gasteiger partial charge < -0.3 is 29.5 Å². The average molecular weight is 453 g/mol. The first kappa shape index (κ1) is 23.7. The van der Waals surface area contributed by atoms with Gasteiger partial charge in [0.2, 0.25) is 0 Å². The molecule has 0 aromatic rings. The third-order valence-corrected chi connectivity index (χ3v) is 9.75. The van der Waals surface area contributed by atoms with Gasteiger partial charge >= 0.3 is 6.16 Å². The van der Waals surface area contributed by atoms with Gasteiger partial charge in [-0.2, -0.15) is 0 Å². The number of hydrogen-bond acceptors (Lipinski definition) is 8. The van der Waals surface area contributed by atoms with Crippen molar-refractivity contribution in [3.05, 3.63) is 11.1 Å². The van der Waals surface area contributed by atoms with Crippen LogP contribution in [-0.2, 0) is 19.0 Å². The third-order valence-electron chi connectivity index (χ3n) is 9.75. The van der Waals surface area contributed by atoms with E-state index in [2.05, 4.69) is 0 Å². The molecule has 8 heteroatoms. The van der Waals surface area contributed by atoms with E-state index in [4.69, 9.17) is 14.2 Å². The molecule has 4 rings (SSSR count). The number of aliphatic hydroxyl groups is 3. The fourth-order valence-electron chi connectivity index (χ4n) is 7.62. The van der Waals surface area contributed by atoms with Gasteiger partial charge in [-0.1, -0.05) is 34.6 Å². The zero-order valence-electron chi connectivity index (χ0n) is 20.0. The molecule has 0 aromatic heterocycles. The van der Waals surface area contributed by atoms with E-state index in [9.17, 15) is 24.9 Å². The van der Waals surface area contributed by atoms with E-state index in [0.29, 0.717) is 17.6 Å². The second kappa shape index (κ2) is 7.01. The first-order valence-electron chi connectivity index (χ1n) is 11.4. The van der Waals surface area contributed by atoms with Gasteiger partial charge in [0.25, 0.3) is 0 Å². The molecule has 8 nitrogen and oxygen atoms in total. The minimum absolute atomic E-state index is 0.0538. The number of ether oxygens (including phenoxy) is 3. The van der Waals surface area contributed by atoms with E-state index in [1.54, 1.807) is 6.92 Å². The summed E-state index contributed by atoms with van der Waals surface area (Å²) in [6.07, 6.45) is -3.27. The summed E-state index contributed by atoms with van der Waals surface area (Å²) < 4.78 is 16.5. The van der Waals surface area contributed by atoms with Crippen molar-refractivity contribution in [1.82, 2.24) is 0 Å². The molecular formula is C24H36O8. The Hall–Kier alpha value is -1.48. The van der Waals surface area contributed by atoms with Crippen molar-refractivity contribution in [3.8, 4) is 0 Å². The second-order valence-electron chi connectivity index (χ2n) is 11.1. The van der Waals surface area contributed by atoms with Crippen LogP contribution in [0.2, 0.25) is 0 Å². The molecule has 180 valence electrons. The predicted octanol–water partition coefficient (Wildman–Crippen LogP) is 1.99. The lowest BCUT2D eigenvalue weighted by molar-refractivity contribution is -0.330. The van der Waals surface area contributed by atoms with E-state index in [1.807, 2.05) is 34.6 Å². The highest BCUT2D eigenvalue weighted by atomic mass is 16.7. The molecule has 0 aromatic carbocycles. The summed E-state index contributed by atoms with van der Waals surface area (Å²) in [5, 5.41) is 34.5. The van der Waals surface area contributed by atoms with Crippen molar-refractivity contribution in [1.29, 1.82) is 0 Å². The van der Waals surface area contributed by atoms with E-state index in [0.717, 1.165) is 0 Å². The lowest BCUT2D eigenvalue weighted by Crippen LogP contribution is -2.78. The fourth-order valence-corrected chi connectivity index (χ4v) is 7.62. The summed E-state index contributed by atoms with van der Waals surface area (Å²) in [7, 11) is 1.22. The monoisotopic (exact) mass is 452 g/mol. The average Bonchev–Trinajstić information content (AvgIpc) is 2.71. The van der Waals surface area contributed by atoms with E-state index in [-0.39, 0.29) is 24.7 Å². The smallest absolute Gasteiger partial charge is 0.438 e. The Morgan fingerprint density at radius 3 is 2.34 bits per heavy atom. The number of fused-ring (bicyclic) bond motifs is 5. The largest absolute Gasteiger partial charge is 0.508 e. The third kappa shape index (κ3) is 2.58. The van der Waals surface area contributed by atoms with Crippen LogP contribution >= 0.6 is 0 Å². The summed E-state index contributed by atoms with van der Waals surface area (Å²) in [6, 6.07) is 0. The summed E-state index contributed by atoms with van der Waals surface area (Å²) in [6.45, 7) is 11.0. The molecule has 3 aliphatic carbocycles. The molecule has 1 aliphatic heterocycles. The zero-order valence-corrected chi connectivity index (χ0v) is 20.0. The Bertz CT molecular complexity index is 879. The van der Waals surface area contributed by atoms with Gasteiger partial charge in [-0.25, -0.2) is 4.79 Å². The maximum absolute atomic E-state index is 14.1. The van der Waals surface area contributed by atoms with Crippen molar-refractivity contribution in [2.45, 2.75) is 83.9 Å². The topological polar surface area (TPSA) is 123 Å². The lowest BCUT2D eigenvalue weighted by atomic mass is 9.41. The van der Waals surface area contributed by atoms with Crippen LogP contribution in [0.5, 0.6) is 0 Å². The summed E-state index contributed by atoms with van der Waals surface area (Å²) in [4.78, 5) is 26.4. The number of aliphatic hydroxyl groups excluding tert-OH is 2. The van der Waals surface area contributed by atoms with Crippen molar-refractivity contribution < 1.29 is 39.1 Å². The standard InChI is InChI=1S/C24H36O8/c1-11-8-15-23(10-31-15,32-20(28)30-7)18-13(3)24(29)9-14(25)12(2)16(21(24,4)5)17(26)19(27)22(11,18)6/h11,13-15,17-18,25-26,29H,8-10H2,1-7H3. The summed E-state index contributed by atoms with van der Waals surface area (Å²) >= 11 is 0. The van der Waals surface area contributed by atoms with Gasteiger partial charge in [0.15, 0.2) is 11.4 Å². The number of methoxy groups -OCH3 is 1. The van der Waals surface area contributed by atoms with E-state index >= 15 is 0 Å². The molecular weight excluding hydrogens is 416 g/mol. The van der Waals surface area contributed by atoms with Gasteiger partial charge in [0.05, 0.1) is 25.4 Å². The molecule has 2 saturated carbocycles. The highest BCUT2D eigenvalue weighted by Crippen LogP contribution is 2.66. The molecule has 2 bridgehead atoms. The molecule has 1 saturated heterocycles. The number of Topliss-reactive ketones (excluding diaryl/α,β-unsaturated/α-hetero) is 1. The van der Waals surface area contributed by atoms with Crippen LogP contribution in [0.15, 0.2) is 11.1 Å². The Balaban J connectivity index is 2.00. The number of carbonyl (C=O) groups excluding carboxylic acids is 2. The Kier molecular flexibility index (Phi) is 5.19. The Labute approximate surface area is 188 Å². The van der Waals surface area contributed by atoms with Crippen LogP contribution in [0, 0.1) is 28.6 Å². The van der Waals surface area contributed by atoms with Crippen LogP contribution in [0.4, 0.5) is 4.79 Å². The Morgan fingerprint density at radius 1 is 1.19 bits per heavy atom. The fraction of sp³-hybridized carbons (Fsp3) is 0.833. The highest BCUT2D eigenvalue weighted by molar-refractivity contribution is 5.93. The van der Waals surface area contributed by atoms with Gasteiger partial charge in [0, 0.05) is 23.2 Å². The van der Waals surface area contributed by atoms with Crippen LogP contribution in [0.1, 0.15) is 54.4 Å². The molecule has 3 fully saturated rings. The normalized spacial score (nSPS) is 49.8. The number of rotatable bonds is 1. The molecule has 0 spiro atoms. The number of ketones is 1. The maximum atomic E-state index is 14.1. The molecule has 9 unspecified atom stereocenters. The summed E-state index contributed by atoms with van der Waals surface area (Å²) in [5.74, 6) is -1.81. The second-order valence-corrected chi connectivity index (χ2v) is 11.1. The maximum Gasteiger partial charge on any atom is 0.508 e. The number of hydrogen-bond donors (Lipinski definition) is 3. The molecule has 4 aliphatic rings. The van der Waals surface area contributed by atoms with Crippen molar-refractivity contribution >= 4 is 11.9 Å². The minimum Gasteiger partial charge on any atom is -0.438 e. The van der Waals surface area contributed by atoms with E-state index < -0.39 is 58.3 Å². The molecule has 0 radical (unpaired) electrons. The van der Waals surface area contributed by atoms with Gasteiger partial charge in [-0.15, -0.1) is 0 Å². The zero-order chi connectivity index (χ0) is 24.0. The van der Waals surface area contributed by atoms with Crippen LogP contribution < -0.4 is 0 Å². The molecule has 9 atom stereocenters. The SMILES string of the molecule is COC(=O)OC12COC1CC(C)C1(C)C(=O)C(O)C3=C(C)C(O)CC(O)(C(C)C21)C3(C)C. The first-order chi connectivity index (χ1) is 14.7. The molecule has 32 heavy (non-hydrogen) atoms. The molecule has 1 heterocycles. The van der Waals surface area contributed by atoms with Crippen molar-refractivity contribution in [2.75, 3.05) is 13.7 Å².